The lowest BCUT2D eigenvalue weighted by Crippen LogP contribution is -2.25. The van der Waals surface area contributed by atoms with Gasteiger partial charge < -0.3 is 4.90 Å². The predicted octanol–water partition coefficient (Wildman–Crippen LogP) is 2.84. The number of nitro groups is 1. The third-order valence-corrected chi connectivity index (χ3v) is 4.85. The van der Waals surface area contributed by atoms with Gasteiger partial charge in [0.25, 0.3) is 5.69 Å². The molecule has 0 radical (unpaired) electrons. The topological polar surface area (TPSA) is 80.5 Å². The lowest BCUT2D eigenvalue weighted by molar-refractivity contribution is -0.384. The zero-order valence-electron chi connectivity index (χ0n) is 12.8. The van der Waals surface area contributed by atoms with Crippen LogP contribution in [-0.4, -0.2) is 28.2 Å². The standard InChI is InChI=1S/C15H18N2O4S/c1-9-4-13(14(17(20)21)5-10(9)2)16-7-12(6-15(16)19)8-22-11(3)18/h4-5,12H,6-8H2,1-3H3. The number of nitro benzene ring substituents is 1. The van der Waals surface area contributed by atoms with E-state index < -0.39 is 4.92 Å². The first-order valence-corrected chi connectivity index (χ1v) is 7.97. The molecule has 1 aliphatic rings. The van der Waals surface area contributed by atoms with Gasteiger partial charge in [-0.2, -0.15) is 0 Å². The number of amides is 1. The van der Waals surface area contributed by atoms with Gasteiger partial charge in [0, 0.05) is 31.7 Å². The molecule has 0 saturated carbocycles. The summed E-state index contributed by atoms with van der Waals surface area (Å²) in [6, 6.07) is 3.21. The van der Waals surface area contributed by atoms with E-state index in [1.807, 2.05) is 13.8 Å². The molecule has 0 spiro atoms. The Kier molecular flexibility index (Phi) is 4.85. The molecular weight excluding hydrogens is 304 g/mol. The van der Waals surface area contributed by atoms with Gasteiger partial charge in [-0.25, -0.2) is 0 Å². The Morgan fingerprint density at radius 2 is 2.05 bits per heavy atom. The van der Waals surface area contributed by atoms with E-state index in [9.17, 15) is 19.7 Å². The van der Waals surface area contributed by atoms with Crippen LogP contribution in [0.15, 0.2) is 12.1 Å². The SMILES string of the molecule is CC(=O)SCC1CC(=O)N(c2cc(C)c(C)cc2[N+](=O)[O-])C1. The summed E-state index contributed by atoms with van der Waals surface area (Å²) in [7, 11) is 0. The van der Waals surface area contributed by atoms with E-state index in [0.717, 1.165) is 11.1 Å². The number of carbonyl (C=O) groups excluding carboxylic acids is 2. The van der Waals surface area contributed by atoms with Gasteiger partial charge >= 0.3 is 0 Å². The fraction of sp³-hybridized carbons (Fsp3) is 0.467. The van der Waals surface area contributed by atoms with Gasteiger partial charge in [-0.15, -0.1) is 0 Å². The molecule has 1 unspecified atom stereocenters. The highest BCUT2D eigenvalue weighted by Gasteiger charge is 2.34. The highest BCUT2D eigenvalue weighted by molar-refractivity contribution is 8.13. The van der Waals surface area contributed by atoms with Crippen molar-refractivity contribution < 1.29 is 14.5 Å². The molecule has 2 rings (SSSR count). The first-order chi connectivity index (χ1) is 10.3. The van der Waals surface area contributed by atoms with Crippen LogP contribution in [0, 0.1) is 29.9 Å². The number of anilines is 1. The van der Waals surface area contributed by atoms with Crippen LogP contribution in [0.25, 0.3) is 0 Å². The van der Waals surface area contributed by atoms with Crippen LogP contribution >= 0.6 is 11.8 Å². The number of rotatable bonds is 4. The Balaban J connectivity index is 2.28. The molecule has 1 atom stereocenters. The van der Waals surface area contributed by atoms with Crippen molar-refractivity contribution in [1.82, 2.24) is 0 Å². The van der Waals surface area contributed by atoms with Gasteiger partial charge in [0.15, 0.2) is 5.12 Å². The summed E-state index contributed by atoms with van der Waals surface area (Å²) in [5.74, 6) is 0.485. The second kappa shape index (κ2) is 6.48. The minimum atomic E-state index is -0.452. The van der Waals surface area contributed by atoms with Crippen LogP contribution in [-0.2, 0) is 9.59 Å². The molecule has 1 aromatic rings. The van der Waals surface area contributed by atoms with Gasteiger partial charge in [0.1, 0.15) is 5.69 Å². The van der Waals surface area contributed by atoms with Gasteiger partial charge in [0.2, 0.25) is 5.91 Å². The Labute approximate surface area is 133 Å². The van der Waals surface area contributed by atoms with Crippen molar-refractivity contribution in [3.63, 3.8) is 0 Å². The highest BCUT2D eigenvalue weighted by atomic mass is 32.2. The van der Waals surface area contributed by atoms with Crippen molar-refractivity contribution >= 4 is 34.2 Å². The van der Waals surface area contributed by atoms with Crippen LogP contribution in [0.4, 0.5) is 11.4 Å². The van der Waals surface area contributed by atoms with Crippen molar-refractivity contribution in [3.05, 3.63) is 33.4 Å². The summed E-state index contributed by atoms with van der Waals surface area (Å²) in [5.41, 5.74) is 2.05. The van der Waals surface area contributed by atoms with Crippen LogP contribution in [0.3, 0.4) is 0 Å². The molecule has 1 fully saturated rings. The number of hydrogen-bond donors (Lipinski definition) is 0. The average Bonchev–Trinajstić information content (AvgIpc) is 2.80. The fourth-order valence-electron chi connectivity index (χ4n) is 2.51. The maximum atomic E-state index is 12.2. The van der Waals surface area contributed by atoms with Crippen LogP contribution < -0.4 is 4.90 Å². The van der Waals surface area contributed by atoms with E-state index in [1.54, 1.807) is 6.07 Å². The molecule has 22 heavy (non-hydrogen) atoms. The van der Waals surface area contributed by atoms with Crippen LogP contribution in [0.2, 0.25) is 0 Å². The molecular formula is C15H18N2O4S. The van der Waals surface area contributed by atoms with E-state index in [-0.39, 0.29) is 22.6 Å². The smallest absolute Gasteiger partial charge is 0.293 e. The molecule has 6 nitrogen and oxygen atoms in total. The number of aryl methyl sites for hydroxylation is 2. The molecule has 1 amide bonds. The van der Waals surface area contributed by atoms with Crippen molar-refractivity contribution in [3.8, 4) is 0 Å². The maximum absolute atomic E-state index is 12.2. The number of benzene rings is 1. The third-order valence-electron chi connectivity index (χ3n) is 3.81. The number of carbonyl (C=O) groups is 2. The summed E-state index contributed by atoms with van der Waals surface area (Å²) >= 11 is 1.19. The zero-order valence-corrected chi connectivity index (χ0v) is 13.6. The van der Waals surface area contributed by atoms with Gasteiger partial charge in [-0.3, -0.25) is 19.7 Å². The van der Waals surface area contributed by atoms with Crippen molar-refractivity contribution in [2.75, 3.05) is 17.2 Å². The summed E-state index contributed by atoms with van der Waals surface area (Å²) in [4.78, 5) is 35.5. The van der Waals surface area contributed by atoms with E-state index >= 15 is 0 Å². The van der Waals surface area contributed by atoms with E-state index in [0.29, 0.717) is 24.4 Å². The first-order valence-electron chi connectivity index (χ1n) is 6.99. The lowest BCUT2D eigenvalue weighted by Gasteiger charge is -2.18. The summed E-state index contributed by atoms with van der Waals surface area (Å²) in [6.07, 6.45) is 0.324. The highest BCUT2D eigenvalue weighted by Crippen LogP contribution is 2.35. The minimum Gasteiger partial charge on any atom is -0.306 e. The Morgan fingerprint density at radius 3 is 2.64 bits per heavy atom. The molecule has 1 aromatic carbocycles. The predicted molar refractivity (Wildman–Crippen MR) is 86.2 cm³/mol. The first kappa shape index (κ1) is 16.5. The molecule has 1 aliphatic heterocycles. The lowest BCUT2D eigenvalue weighted by atomic mass is 10.1. The van der Waals surface area contributed by atoms with Gasteiger partial charge in [-0.05, 0) is 37.0 Å². The van der Waals surface area contributed by atoms with Crippen molar-refractivity contribution in [1.29, 1.82) is 0 Å². The molecule has 0 N–H and O–H groups in total. The molecule has 1 saturated heterocycles. The summed E-state index contributed by atoms with van der Waals surface area (Å²) in [6.45, 7) is 5.59. The minimum absolute atomic E-state index is 0.0167. The Bertz CT molecular complexity index is 645. The second-order valence-electron chi connectivity index (χ2n) is 5.56. The van der Waals surface area contributed by atoms with E-state index in [1.165, 1.54) is 29.7 Å². The number of hydrogen-bond acceptors (Lipinski definition) is 5. The molecule has 7 heteroatoms. The molecule has 0 aliphatic carbocycles. The second-order valence-corrected chi connectivity index (χ2v) is 6.76. The third kappa shape index (κ3) is 3.47. The Hall–Kier alpha value is -1.89. The molecule has 0 bridgehead atoms. The van der Waals surface area contributed by atoms with Crippen LogP contribution in [0.1, 0.15) is 24.5 Å². The monoisotopic (exact) mass is 322 g/mol. The molecule has 1 heterocycles. The molecule has 0 aromatic heterocycles. The van der Waals surface area contributed by atoms with E-state index in [4.69, 9.17) is 0 Å². The molecule has 118 valence electrons. The van der Waals surface area contributed by atoms with E-state index in [2.05, 4.69) is 0 Å². The summed E-state index contributed by atoms with van der Waals surface area (Å²) in [5, 5.41) is 11.3. The average molecular weight is 322 g/mol. The largest absolute Gasteiger partial charge is 0.306 e. The van der Waals surface area contributed by atoms with Gasteiger partial charge in [0.05, 0.1) is 4.92 Å². The Morgan fingerprint density at radius 1 is 1.41 bits per heavy atom. The van der Waals surface area contributed by atoms with Crippen LogP contribution in [0.5, 0.6) is 0 Å². The normalized spacial score (nSPS) is 17.9. The number of thioether (sulfide) groups is 1. The van der Waals surface area contributed by atoms with Crippen molar-refractivity contribution in [2.24, 2.45) is 5.92 Å². The fourth-order valence-corrected chi connectivity index (χ4v) is 3.20. The van der Waals surface area contributed by atoms with Gasteiger partial charge in [-0.1, -0.05) is 11.8 Å². The van der Waals surface area contributed by atoms with Crippen molar-refractivity contribution in [2.45, 2.75) is 27.2 Å². The number of nitrogens with zero attached hydrogens (tertiary/aromatic N) is 2. The zero-order chi connectivity index (χ0) is 16.4. The maximum Gasteiger partial charge on any atom is 0.293 e. The quantitative estimate of drug-likeness (QED) is 0.629. The summed E-state index contributed by atoms with van der Waals surface area (Å²) < 4.78 is 0.